The second kappa shape index (κ2) is 6.74. The molecule has 0 radical (unpaired) electrons. The minimum absolute atomic E-state index is 0.0233. The average molecular weight is 362 g/mol. The molecule has 1 nitrogen and oxygen atoms in total. The molecule has 0 amide bonds. The molecule has 1 unspecified atom stereocenters. The van der Waals surface area contributed by atoms with Crippen molar-refractivity contribution in [3.63, 3.8) is 0 Å². The van der Waals surface area contributed by atoms with Crippen LogP contribution in [0.1, 0.15) is 47.1 Å². The standard InChI is InChI=1S/C17H26BrF2N/c1-11(2)17(6,10-21-16(3,4)5)9-12-14(19)8-7-13(18)15(12)20/h7-8,11,21H,9-10H2,1-6H3. The quantitative estimate of drug-likeness (QED) is 0.699. The van der Waals surface area contributed by atoms with Crippen molar-refractivity contribution in [1.29, 1.82) is 0 Å². The third-order valence-electron chi connectivity index (χ3n) is 4.14. The van der Waals surface area contributed by atoms with Crippen molar-refractivity contribution < 1.29 is 8.78 Å². The van der Waals surface area contributed by atoms with Crippen molar-refractivity contribution in [1.82, 2.24) is 5.32 Å². The van der Waals surface area contributed by atoms with Gasteiger partial charge in [0.05, 0.1) is 4.47 Å². The van der Waals surface area contributed by atoms with E-state index in [9.17, 15) is 8.78 Å². The van der Waals surface area contributed by atoms with E-state index in [-0.39, 0.29) is 16.5 Å². The number of halogens is 3. The predicted octanol–water partition coefficient (Wildman–Crippen LogP) is 5.32. The van der Waals surface area contributed by atoms with E-state index in [2.05, 4.69) is 62.8 Å². The van der Waals surface area contributed by atoms with E-state index in [4.69, 9.17) is 0 Å². The van der Waals surface area contributed by atoms with E-state index >= 15 is 0 Å². The molecule has 1 atom stereocenters. The van der Waals surface area contributed by atoms with Crippen LogP contribution in [0.25, 0.3) is 0 Å². The first-order valence-electron chi connectivity index (χ1n) is 7.34. The minimum atomic E-state index is -0.488. The summed E-state index contributed by atoms with van der Waals surface area (Å²) < 4.78 is 28.6. The minimum Gasteiger partial charge on any atom is -0.312 e. The zero-order valence-electron chi connectivity index (χ0n) is 13.8. The highest BCUT2D eigenvalue weighted by Gasteiger charge is 2.32. The highest BCUT2D eigenvalue weighted by molar-refractivity contribution is 9.10. The fraction of sp³-hybridized carbons (Fsp3) is 0.647. The lowest BCUT2D eigenvalue weighted by molar-refractivity contribution is 0.184. The van der Waals surface area contributed by atoms with Crippen LogP contribution in [-0.4, -0.2) is 12.1 Å². The molecule has 0 aliphatic heterocycles. The Kier molecular flexibility index (Phi) is 5.96. The van der Waals surface area contributed by atoms with Gasteiger partial charge < -0.3 is 5.32 Å². The van der Waals surface area contributed by atoms with Crippen LogP contribution in [0, 0.1) is 23.0 Å². The van der Waals surface area contributed by atoms with E-state index in [1.54, 1.807) is 0 Å². The van der Waals surface area contributed by atoms with Crippen molar-refractivity contribution in [2.45, 2.75) is 53.5 Å². The van der Waals surface area contributed by atoms with E-state index in [0.717, 1.165) is 0 Å². The van der Waals surface area contributed by atoms with Crippen LogP contribution in [0.3, 0.4) is 0 Å². The van der Waals surface area contributed by atoms with Crippen LogP contribution in [0.4, 0.5) is 8.78 Å². The van der Waals surface area contributed by atoms with Gasteiger partial charge in [0.2, 0.25) is 0 Å². The number of benzene rings is 1. The molecule has 0 aromatic heterocycles. The molecule has 1 aromatic rings. The molecule has 0 aliphatic rings. The van der Waals surface area contributed by atoms with Gasteiger partial charge in [0.15, 0.2) is 0 Å². The summed E-state index contributed by atoms with van der Waals surface area (Å²) in [5.41, 5.74) is -0.0865. The van der Waals surface area contributed by atoms with Gasteiger partial charge in [0, 0.05) is 17.6 Å². The highest BCUT2D eigenvalue weighted by Crippen LogP contribution is 2.34. The van der Waals surface area contributed by atoms with E-state index in [1.165, 1.54) is 12.1 Å². The topological polar surface area (TPSA) is 12.0 Å². The summed E-state index contributed by atoms with van der Waals surface area (Å²) in [5.74, 6) is -0.666. The van der Waals surface area contributed by atoms with E-state index < -0.39 is 11.6 Å². The molecule has 0 spiro atoms. The van der Waals surface area contributed by atoms with Crippen molar-refractivity contribution in [3.8, 4) is 0 Å². The van der Waals surface area contributed by atoms with Gasteiger partial charge in [-0.15, -0.1) is 0 Å². The maximum atomic E-state index is 14.2. The Balaban J connectivity index is 3.06. The first-order valence-corrected chi connectivity index (χ1v) is 8.13. The normalized spacial score (nSPS) is 15.3. The van der Waals surface area contributed by atoms with Crippen molar-refractivity contribution in [3.05, 3.63) is 33.8 Å². The third-order valence-corrected chi connectivity index (χ3v) is 4.75. The van der Waals surface area contributed by atoms with Crippen LogP contribution >= 0.6 is 15.9 Å². The lowest BCUT2D eigenvalue weighted by Gasteiger charge is -2.37. The van der Waals surface area contributed by atoms with Gasteiger partial charge in [-0.1, -0.05) is 20.8 Å². The molecule has 0 heterocycles. The van der Waals surface area contributed by atoms with Gasteiger partial charge in [0.25, 0.3) is 0 Å². The van der Waals surface area contributed by atoms with Gasteiger partial charge >= 0.3 is 0 Å². The van der Waals surface area contributed by atoms with Gasteiger partial charge in [0.1, 0.15) is 11.6 Å². The first-order chi connectivity index (χ1) is 9.46. The highest BCUT2D eigenvalue weighted by atomic mass is 79.9. The molecule has 0 saturated heterocycles. The fourth-order valence-electron chi connectivity index (χ4n) is 2.07. The molecule has 1 aromatic carbocycles. The van der Waals surface area contributed by atoms with Crippen LogP contribution in [0.15, 0.2) is 16.6 Å². The molecule has 120 valence electrons. The second-order valence-corrected chi connectivity index (χ2v) is 8.27. The van der Waals surface area contributed by atoms with Crippen LogP contribution in [0.5, 0.6) is 0 Å². The van der Waals surface area contributed by atoms with Gasteiger partial charge in [-0.3, -0.25) is 0 Å². The Bertz CT molecular complexity index is 494. The molecule has 1 N–H and O–H groups in total. The van der Waals surface area contributed by atoms with Gasteiger partial charge in [-0.25, -0.2) is 8.78 Å². The molecule has 4 heteroatoms. The Morgan fingerprint density at radius 2 is 1.71 bits per heavy atom. The smallest absolute Gasteiger partial charge is 0.143 e. The van der Waals surface area contributed by atoms with Gasteiger partial charge in [-0.2, -0.15) is 0 Å². The Morgan fingerprint density at radius 3 is 2.19 bits per heavy atom. The SMILES string of the molecule is CC(C)C(C)(CNC(C)(C)C)Cc1c(F)ccc(Br)c1F. The number of hydrogen-bond donors (Lipinski definition) is 1. The zero-order valence-corrected chi connectivity index (χ0v) is 15.4. The maximum absolute atomic E-state index is 14.2. The Morgan fingerprint density at radius 1 is 1.14 bits per heavy atom. The molecule has 0 saturated carbocycles. The lowest BCUT2D eigenvalue weighted by Crippen LogP contribution is -2.46. The fourth-order valence-corrected chi connectivity index (χ4v) is 2.44. The number of nitrogens with one attached hydrogen (secondary N) is 1. The molecular formula is C17H26BrF2N. The zero-order chi connectivity index (χ0) is 16.4. The predicted molar refractivity (Wildman–Crippen MR) is 88.5 cm³/mol. The molecule has 1 rings (SSSR count). The van der Waals surface area contributed by atoms with Crippen LogP contribution in [0.2, 0.25) is 0 Å². The summed E-state index contributed by atoms with van der Waals surface area (Å²) >= 11 is 3.14. The second-order valence-electron chi connectivity index (χ2n) is 7.41. The van der Waals surface area contributed by atoms with Crippen LogP contribution < -0.4 is 5.32 Å². The van der Waals surface area contributed by atoms with Crippen LogP contribution in [-0.2, 0) is 6.42 Å². The first kappa shape index (κ1) is 18.6. The van der Waals surface area contributed by atoms with E-state index in [0.29, 0.717) is 23.4 Å². The summed E-state index contributed by atoms with van der Waals surface area (Å²) in [6, 6.07) is 2.73. The van der Waals surface area contributed by atoms with Gasteiger partial charge in [-0.05, 0) is 66.6 Å². The molecular weight excluding hydrogens is 336 g/mol. The average Bonchev–Trinajstić information content (AvgIpc) is 2.36. The summed E-state index contributed by atoms with van der Waals surface area (Å²) in [5, 5.41) is 3.46. The molecule has 0 fully saturated rings. The summed E-state index contributed by atoms with van der Waals surface area (Å²) in [6.07, 6.45) is 0.366. The monoisotopic (exact) mass is 361 g/mol. The maximum Gasteiger partial charge on any atom is 0.143 e. The van der Waals surface area contributed by atoms with Crippen molar-refractivity contribution >= 4 is 15.9 Å². The molecule has 0 bridgehead atoms. The Labute approximate surface area is 135 Å². The summed E-state index contributed by atoms with van der Waals surface area (Å²) in [6.45, 7) is 13.3. The summed E-state index contributed by atoms with van der Waals surface area (Å²) in [7, 11) is 0. The molecule has 21 heavy (non-hydrogen) atoms. The van der Waals surface area contributed by atoms with E-state index in [1.807, 2.05) is 0 Å². The van der Waals surface area contributed by atoms with Crippen molar-refractivity contribution in [2.24, 2.45) is 11.3 Å². The van der Waals surface area contributed by atoms with Crippen molar-refractivity contribution in [2.75, 3.05) is 6.54 Å². The number of rotatable bonds is 5. The summed E-state index contributed by atoms with van der Waals surface area (Å²) in [4.78, 5) is 0. The largest absolute Gasteiger partial charge is 0.312 e. The molecule has 0 aliphatic carbocycles. The third kappa shape index (κ3) is 5.03. The number of hydrogen-bond acceptors (Lipinski definition) is 1. The Hall–Kier alpha value is -0.480. The lowest BCUT2D eigenvalue weighted by atomic mass is 9.73.